The number of aromatic hydroxyl groups is 1. The second-order valence-corrected chi connectivity index (χ2v) is 5.30. The predicted molar refractivity (Wildman–Crippen MR) is 53.3 cm³/mol. The maximum absolute atomic E-state index is 11.7. The van der Waals surface area contributed by atoms with Crippen LogP contribution in [-0.2, 0) is 9.84 Å². The van der Waals surface area contributed by atoms with Crippen molar-refractivity contribution in [3.8, 4) is 5.75 Å². The van der Waals surface area contributed by atoms with E-state index in [1.165, 1.54) is 6.07 Å². The zero-order valence-corrected chi connectivity index (χ0v) is 8.34. The van der Waals surface area contributed by atoms with Gasteiger partial charge in [-0.3, -0.25) is 0 Å². The summed E-state index contributed by atoms with van der Waals surface area (Å²) in [6.07, 6.45) is 0.566. The number of rotatable bonds is 0. The molecule has 0 saturated heterocycles. The van der Waals surface area contributed by atoms with Crippen molar-refractivity contribution >= 4 is 15.5 Å². The summed E-state index contributed by atoms with van der Waals surface area (Å²) in [7, 11) is -3.32. The highest BCUT2D eigenvalue weighted by Crippen LogP contribution is 2.32. The van der Waals surface area contributed by atoms with Crippen LogP contribution >= 0.6 is 0 Å². The van der Waals surface area contributed by atoms with Crippen LogP contribution in [0.5, 0.6) is 5.75 Å². The van der Waals surface area contributed by atoms with E-state index >= 15 is 0 Å². The van der Waals surface area contributed by atoms with Crippen LogP contribution in [0.2, 0.25) is 0 Å². The molecule has 1 aliphatic rings. The zero-order valence-electron chi connectivity index (χ0n) is 7.53. The first-order valence-electron chi connectivity index (χ1n) is 4.40. The zero-order chi connectivity index (χ0) is 10.2. The Balaban J connectivity index is 2.70. The Labute approximate surface area is 82.5 Å². The van der Waals surface area contributed by atoms with E-state index in [0.29, 0.717) is 18.7 Å². The minimum absolute atomic E-state index is 0.0394. The molecule has 1 aromatic rings. The van der Waals surface area contributed by atoms with Crippen molar-refractivity contribution in [2.45, 2.75) is 11.3 Å². The van der Waals surface area contributed by atoms with Crippen molar-refractivity contribution in [2.75, 3.05) is 17.6 Å². The Morgan fingerprint density at radius 1 is 1.36 bits per heavy atom. The number of benzene rings is 1. The number of hydrogen-bond acceptors (Lipinski definition) is 4. The molecule has 0 radical (unpaired) electrons. The van der Waals surface area contributed by atoms with Crippen molar-refractivity contribution in [1.82, 2.24) is 0 Å². The van der Waals surface area contributed by atoms with E-state index in [1.807, 2.05) is 0 Å². The Morgan fingerprint density at radius 3 is 2.93 bits per heavy atom. The lowest BCUT2D eigenvalue weighted by Gasteiger charge is -2.07. The molecular formula is C9H11NO3S. The molecule has 1 heterocycles. The van der Waals surface area contributed by atoms with Crippen molar-refractivity contribution in [3.05, 3.63) is 18.2 Å². The molecule has 0 amide bonds. The SMILES string of the molecule is O=S1(=O)CCCNc2cccc(O)c21. The van der Waals surface area contributed by atoms with Gasteiger partial charge >= 0.3 is 0 Å². The Morgan fingerprint density at radius 2 is 2.14 bits per heavy atom. The summed E-state index contributed by atoms with van der Waals surface area (Å²) >= 11 is 0. The molecule has 0 spiro atoms. The van der Waals surface area contributed by atoms with E-state index in [1.54, 1.807) is 12.1 Å². The molecule has 2 N–H and O–H groups in total. The molecule has 0 atom stereocenters. The summed E-state index contributed by atoms with van der Waals surface area (Å²) in [5.41, 5.74) is 0.502. The highest BCUT2D eigenvalue weighted by Gasteiger charge is 2.24. The average Bonchev–Trinajstić information content (AvgIpc) is 2.25. The number of phenols is 1. The lowest BCUT2D eigenvalue weighted by molar-refractivity contribution is 0.459. The van der Waals surface area contributed by atoms with E-state index in [9.17, 15) is 13.5 Å². The van der Waals surface area contributed by atoms with Crippen LogP contribution in [-0.4, -0.2) is 25.8 Å². The van der Waals surface area contributed by atoms with Gasteiger partial charge in [0.05, 0.1) is 11.4 Å². The van der Waals surface area contributed by atoms with Gasteiger partial charge in [-0.05, 0) is 18.6 Å². The molecule has 0 saturated carbocycles. The molecule has 14 heavy (non-hydrogen) atoms. The standard InChI is InChI=1S/C9H11NO3S/c11-8-4-1-3-7-9(8)14(12,13)6-2-5-10-7/h1,3-4,10-11H,2,5-6H2. The molecule has 0 aliphatic carbocycles. The van der Waals surface area contributed by atoms with Crippen molar-refractivity contribution in [3.63, 3.8) is 0 Å². The highest BCUT2D eigenvalue weighted by atomic mass is 32.2. The Hall–Kier alpha value is -1.23. The molecule has 0 unspecified atom stereocenters. The molecule has 1 aromatic carbocycles. The number of sulfone groups is 1. The number of fused-ring (bicyclic) bond motifs is 1. The molecule has 4 nitrogen and oxygen atoms in total. The van der Waals surface area contributed by atoms with Gasteiger partial charge in [0, 0.05) is 6.54 Å². The monoisotopic (exact) mass is 213 g/mol. The van der Waals surface area contributed by atoms with Gasteiger partial charge in [0.25, 0.3) is 0 Å². The molecular weight excluding hydrogens is 202 g/mol. The largest absolute Gasteiger partial charge is 0.507 e. The van der Waals surface area contributed by atoms with Crippen LogP contribution in [0, 0.1) is 0 Å². The van der Waals surface area contributed by atoms with E-state index < -0.39 is 9.84 Å². The summed E-state index contributed by atoms with van der Waals surface area (Å²) in [4.78, 5) is 0.0394. The fourth-order valence-electron chi connectivity index (χ4n) is 1.58. The molecule has 0 fully saturated rings. The van der Waals surface area contributed by atoms with Crippen LogP contribution in [0.3, 0.4) is 0 Å². The number of hydrogen-bond donors (Lipinski definition) is 2. The first kappa shape index (κ1) is 9.33. The molecule has 5 heteroatoms. The van der Waals surface area contributed by atoms with Crippen molar-refractivity contribution in [1.29, 1.82) is 0 Å². The second-order valence-electron chi connectivity index (χ2n) is 3.25. The number of anilines is 1. The van der Waals surface area contributed by atoms with Crippen LogP contribution < -0.4 is 5.32 Å². The van der Waals surface area contributed by atoms with Gasteiger partial charge in [-0.1, -0.05) is 6.07 Å². The summed E-state index contributed by atoms with van der Waals surface area (Å²) < 4.78 is 23.4. The van der Waals surface area contributed by atoms with Gasteiger partial charge < -0.3 is 10.4 Å². The van der Waals surface area contributed by atoms with Crippen LogP contribution in [0.1, 0.15) is 6.42 Å². The molecule has 76 valence electrons. The minimum atomic E-state index is -3.32. The fourth-order valence-corrected chi connectivity index (χ4v) is 3.17. The first-order chi connectivity index (χ1) is 6.61. The molecule has 0 aromatic heterocycles. The number of phenolic OH excluding ortho intramolecular Hbond substituents is 1. The van der Waals surface area contributed by atoms with Crippen LogP contribution in [0.15, 0.2) is 23.1 Å². The van der Waals surface area contributed by atoms with Crippen LogP contribution in [0.4, 0.5) is 5.69 Å². The van der Waals surface area contributed by atoms with E-state index in [-0.39, 0.29) is 16.4 Å². The number of nitrogens with one attached hydrogen (secondary N) is 1. The predicted octanol–water partition coefficient (Wildman–Crippen LogP) is 0.982. The third-order valence-electron chi connectivity index (χ3n) is 2.21. The van der Waals surface area contributed by atoms with Gasteiger partial charge in [0.2, 0.25) is 0 Å². The third kappa shape index (κ3) is 1.43. The van der Waals surface area contributed by atoms with Crippen LogP contribution in [0.25, 0.3) is 0 Å². The topological polar surface area (TPSA) is 66.4 Å². The van der Waals surface area contributed by atoms with Gasteiger partial charge in [-0.2, -0.15) is 0 Å². The first-order valence-corrected chi connectivity index (χ1v) is 6.05. The van der Waals surface area contributed by atoms with E-state index in [0.717, 1.165) is 0 Å². The maximum atomic E-state index is 11.7. The van der Waals surface area contributed by atoms with Gasteiger partial charge in [-0.25, -0.2) is 8.42 Å². The van der Waals surface area contributed by atoms with E-state index in [4.69, 9.17) is 0 Å². The highest BCUT2D eigenvalue weighted by molar-refractivity contribution is 7.91. The quantitative estimate of drug-likeness (QED) is 0.674. The maximum Gasteiger partial charge on any atom is 0.184 e. The summed E-state index contributed by atoms with van der Waals surface area (Å²) in [5, 5.41) is 12.5. The smallest absolute Gasteiger partial charge is 0.184 e. The summed E-state index contributed by atoms with van der Waals surface area (Å²) in [5.74, 6) is -0.0817. The summed E-state index contributed by atoms with van der Waals surface area (Å²) in [6.45, 7) is 0.621. The van der Waals surface area contributed by atoms with Gasteiger partial charge in [-0.15, -0.1) is 0 Å². The molecule has 1 aliphatic heterocycles. The Kier molecular flexibility index (Phi) is 2.11. The normalized spacial score (nSPS) is 19.1. The Bertz CT molecular complexity index is 453. The van der Waals surface area contributed by atoms with Crippen molar-refractivity contribution < 1.29 is 13.5 Å². The lowest BCUT2D eigenvalue weighted by Crippen LogP contribution is -2.05. The van der Waals surface area contributed by atoms with Crippen molar-refractivity contribution in [2.24, 2.45) is 0 Å². The second kappa shape index (κ2) is 3.16. The minimum Gasteiger partial charge on any atom is -0.507 e. The average molecular weight is 213 g/mol. The lowest BCUT2D eigenvalue weighted by atomic mass is 10.3. The molecule has 2 rings (SSSR count). The fraction of sp³-hybridized carbons (Fsp3) is 0.333. The summed E-state index contributed by atoms with van der Waals surface area (Å²) in [6, 6.07) is 4.68. The van der Waals surface area contributed by atoms with Gasteiger partial charge in [0.1, 0.15) is 10.6 Å². The third-order valence-corrected chi connectivity index (χ3v) is 4.09. The van der Waals surface area contributed by atoms with E-state index in [2.05, 4.69) is 5.32 Å². The van der Waals surface area contributed by atoms with Gasteiger partial charge in [0.15, 0.2) is 9.84 Å². The molecule has 0 bridgehead atoms.